The fourth-order valence-corrected chi connectivity index (χ4v) is 3.11. The number of amides is 3. The van der Waals surface area contributed by atoms with Gasteiger partial charge in [0.15, 0.2) is 0 Å². The first-order chi connectivity index (χ1) is 13.0. The molecule has 0 bridgehead atoms. The number of rotatable bonds is 9. The van der Waals surface area contributed by atoms with Crippen LogP contribution in [0.3, 0.4) is 0 Å². The Morgan fingerprint density at radius 1 is 1.11 bits per heavy atom. The second-order valence-corrected chi connectivity index (χ2v) is 7.73. The van der Waals surface area contributed by atoms with Crippen LogP contribution in [-0.4, -0.2) is 75.6 Å². The molecule has 10 heteroatoms. The van der Waals surface area contributed by atoms with Crippen LogP contribution in [0.4, 0.5) is 0 Å². The van der Waals surface area contributed by atoms with Crippen molar-refractivity contribution in [3.8, 4) is 0 Å². The predicted molar refractivity (Wildman–Crippen MR) is 101 cm³/mol. The van der Waals surface area contributed by atoms with Crippen LogP contribution in [-0.2, 0) is 19.2 Å². The topological polar surface area (TPSA) is 162 Å². The van der Waals surface area contributed by atoms with E-state index in [1.54, 1.807) is 0 Å². The smallest absolute Gasteiger partial charge is 0.326 e. The Morgan fingerprint density at radius 2 is 1.71 bits per heavy atom. The minimum atomic E-state index is -1.31. The number of nitrogens with two attached hydrogens (primary N) is 1. The number of hydrogen-bond acceptors (Lipinski definition) is 6. The first-order valence-corrected chi connectivity index (χ1v) is 9.53. The van der Waals surface area contributed by atoms with Crippen molar-refractivity contribution in [3.05, 3.63) is 0 Å². The van der Waals surface area contributed by atoms with E-state index in [9.17, 15) is 29.4 Å². The van der Waals surface area contributed by atoms with Gasteiger partial charge in [0.05, 0.1) is 12.1 Å². The van der Waals surface area contributed by atoms with Gasteiger partial charge in [0, 0.05) is 6.54 Å². The first-order valence-electron chi connectivity index (χ1n) is 9.53. The number of nitrogens with zero attached hydrogens (tertiary/aromatic N) is 1. The summed E-state index contributed by atoms with van der Waals surface area (Å²) >= 11 is 0. The third-order valence-corrected chi connectivity index (χ3v) is 4.62. The summed E-state index contributed by atoms with van der Waals surface area (Å²) in [4.78, 5) is 49.9. The van der Waals surface area contributed by atoms with E-state index in [0.29, 0.717) is 19.3 Å². The second-order valence-electron chi connectivity index (χ2n) is 7.73. The molecule has 6 N–H and O–H groups in total. The van der Waals surface area contributed by atoms with Gasteiger partial charge in [-0.05, 0) is 39.0 Å². The molecule has 0 aliphatic carbocycles. The van der Waals surface area contributed by atoms with E-state index in [4.69, 9.17) is 5.73 Å². The standard InChI is InChI=1S/C18H32N4O6/c1-9(2)8-12(20-15(24)10(3)19)16(25)21-14(11(4)23)17(26)22-7-5-6-13(22)18(27)28/h9-14,23H,5-8,19H2,1-4H3,(H,20,24)(H,21,25)(H,27,28). The van der Waals surface area contributed by atoms with Crippen LogP contribution in [0.2, 0.25) is 0 Å². The molecule has 5 atom stereocenters. The van der Waals surface area contributed by atoms with Gasteiger partial charge in [0.1, 0.15) is 18.1 Å². The molecule has 0 saturated carbocycles. The van der Waals surface area contributed by atoms with E-state index >= 15 is 0 Å². The largest absolute Gasteiger partial charge is 0.480 e. The molecule has 5 unspecified atom stereocenters. The van der Waals surface area contributed by atoms with E-state index in [2.05, 4.69) is 10.6 Å². The lowest BCUT2D eigenvalue weighted by molar-refractivity contribution is -0.150. The molecule has 3 amide bonds. The van der Waals surface area contributed by atoms with E-state index in [1.165, 1.54) is 13.8 Å². The molecule has 0 aromatic rings. The number of likely N-dealkylation sites (tertiary alicyclic amines) is 1. The highest BCUT2D eigenvalue weighted by molar-refractivity contribution is 5.94. The zero-order valence-electron chi connectivity index (χ0n) is 16.8. The molecular weight excluding hydrogens is 368 g/mol. The number of hydrogen-bond donors (Lipinski definition) is 5. The van der Waals surface area contributed by atoms with Crippen molar-refractivity contribution in [2.75, 3.05) is 6.54 Å². The molecule has 160 valence electrons. The van der Waals surface area contributed by atoms with Crippen LogP contribution in [0.5, 0.6) is 0 Å². The Morgan fingerprint density at radius 3 is 2.18 bits per heavy atom. The van der Waals surface area contributed by atoms with Crippen LogP contribution >= 0.6 is 0 Å². The average molecular weight is 400 g/mol. The van der Waals surface area contributed by atoms with Gasteiger partial charge in [-0.2, -0.15) is 0 Å². The number of carbonyl (C=O) groups excluding carboxylic acids is 3. The van der Waals surface area contributed by atoms with Crippen LogP contribution in [0.1, 0.15) is 47.0 Å². The molecule has 1 aliphatic heterocycles. The summed E-state index contributed by atoms with van der Waals surface area (Å²) in [6.07, 6.45) is -0.0757. The Kier molecular flexibility index (Phi) is 8.83. The number of carbonyl (C=O) groups is 4. The van der Waals surface area contributed by atoms with Crippen molar-refractivity contribution in [2.45, 2.75) is 77.2 Å². The molecule has 1 saturated heterocycles. The molecule has 0 aromatic heterocycles. The Hall–Kier alpha value is -2.20. The lowest BCUT2D eigenvalue weighted by atomic mass is 10.0. The number of carboxylic acid groups (broad SMARTS) is 1. The van der Waals surface area contributed by atoms with Gasteiger partial charge in [-0.3, -0.25) is 14.4 Å². The number of carboxylic acids is 1. The molecule has 10 nitrogen and oxygen atoms in total. The molecule has 28 heavy (non-hydrogen) atoms. The van der Waals surface area contributed by atoms with Gasteiger partial charge in [-0.1, -0.05) is 13.8 Å². The lowest BCUT2D eigenvalue weighted by Crippen LogP contribution is -2.59. The van der Waals surface area contributed by atoms with Crippen molar-refractivity contribution in [2.24, 2.45) is 11.7 Å². The van der Waals surface area contributed by atoms with E-state index < -0.39 is 54.0 Å². The van der Waals surface area contributed by atoms with E-state index in [-0.39, 0.29) is 12.5 Å². The van der Waals surface area contributed by atoms with Gasteiger partial charge in [-0.15, -0.1) is 0 Å². The fourth-order valence-electron chi connectivity index (χ4n) is 3.11. The van der Waals surface area contributed by atoms with Gasteiger partial charge >= 0.3 is 5.97 Å². The van der Waals surface area contributed by atoms with Crippen molar-refractivity contribution in [1.29, 1.82) is 0 Å². The minimum Gasteiger partial charge on any atom is -0.480 e. The number of nitrogens with one attached hydrogen (secondary N) is 2. The summed E-state index contributed by atoms with van der Waals surface area (Å²) in [5.41, 5.74) is 5.54. The summed E-state index contributed by atoms with van der Waals surface area (Å²) in [6, 6.07) is -4.02. The van der Waals surface area contributed by atoms with Crippen molar-refractivity contribution in [3.63, 3.8) is 0 Å². The number of aliphatic hydroxyl groups is 1. The van der Waals surface area contributed by atoms with Gasteiger partial charge in [-0.25, -0.2) is 4.79 Å². The predicted octanol–water partition coefficient (Wildman–Crippen LogP) is -1.19. The highest BCUT2D eigenvalue weighted by Gasteiger charge is 2.40. The zero-order valence-corrected chi connectivity index (χ0v) is 16.8. The van der Waals surface area contributed by atoms with Gasteiger partial charge < -0.3 is 31.5 Å². The summed E-state index contributed by atoms with van der Waals surface area (Å²) in [5.74, 6) is -2.85. The Balaban J connectivity index is 2.95. The summed E-state index contributed by atoms with van der Waals surface area (Å²) in [6.45, 7) is 6.81. The SMILES string of the molecule is CC(C)CC(NC(=O)C(C)N)C(=O)NC(C(=O)N1CCCC1C(=O)O)C(C)O. The summed E-state index contributed by atoms with van der Waals surface area (Å²) in [5, 5.41) is 24.3. The first kappa shape index (κ1) is 23.8. The van der Waals surface area contributed by atoms with Crippen LogP contribution in [0.25, 0.3) is 0 Å². The molecule has 1 rings (SSSR count). The molecule has 0 spiro atoms. The molecule has 1 aliphatic rings. The average Bonchev–Trinajstić information content (AvgIpc) is 3.07. The zero-order chi connectivity index (χ0) is 21.6. The van der Waals surface area contributed by atoms with E-state index in [0.717, 1.165) is 4.90 Å². The summed E-state index contributed by atoms with van der Waals surface area (Å²) < 4.78 is 0. The normalized spacial score (nSPS) is 21.0. The Bertz CT molecular complexity index is 593. The lowest BCUT2D eigenvalue weighted by Gasteiger charge is -2.30. The van der Waals surface area contributed by atoms with Gasteiger partial charge in [0.2, 0.25) is 17.7 Å². The quantitative estimate of drug-likeness (QED) is 0.325. The maximum Gasteiger partial charge on any atom is 0.326 e. The Labute approximate surface area is 164 Å². The highest BCUT2D eigenvalue weighted by Crippen LogP contribution is 2.19. The van der Waals surface area contributed by atoms with Crippen molar-refractivity contribution < 1.29 is 29.4 Å². The fraction of sp³-hybridized carbons (Fsp3) is 0.778. The van der Waals surface area contributed by atoms with Gasteiger partial charge in [0.25, 0.3) is 0 Å². The van der Waals surface area contributed by atoms with Crippen LogP contribution in [0, 0.1) is 5.92 Å². The second kappa shape index (κ2) is 10.4. The minimum absolute atomic E-state index is 0.0693. The van der Waals surface area contributed by atoms with Crippen LogP contribution < -0.4 is 16.4 Å². The third kappa shape index (κ3) is 6.45. The van der Waals surface area contributed by atoms with Crippen molar-refractivity contribution >= 4 is 23.7 Å². The third-order valence-electron chi connectivity index (χ3n) is 4.62. The monoisotopic (exact) mass is 400 g/mol. The number of aliphatic hydroxyl groups excluding tert-OH is 1. The molecule has 1 fully saturated rings. The van der Waals surface area contributed by atoms with Crippen LogP contribution in [0.15, 0.2) is 0 Å². The molecule has 1 heterocycles. The molecule has 0 radical (unpaired) electrons. The molecule has 0 aromatic carbocycles. The molecular formula is C18H32N4O6. The number of aliphatic carboxylic acids is 1. The van der Waals surface area contributed by atoms with E-state index in [1.807, 2.05) is 13.8 Å². The highest BCUT2D eigenvalue weighted by atomic mass is 16.4. The van der Waals surface area contributed by atoms with Crippen molar-refractivity contribution in [1.82, 2.24) is 15.5 Å². The maximum atomic E-state index is 12.8. The maximum absolute atomic E-state index is 12.8. The summed E-state index contributed by atoms with van der Waals surface area (Å²) in [7, 11) is 0.